The number of hydrogen-bond donors (Lipinski definition) is 4. The summed E-state index contributed by atoms with van der Waals surface area (Å²) in [4.78, 5) is 34.5. The van der Waals surface area contributed by atoms with Crippen LogP contribution in [0.3, 0.4) is 0 Å². The van der Waals surface area contributed by atoms with E-state index >= 15 is 0 Å². The van der Waals surface area contributed by atoms with Gasteiger partial charge in [-0.25, -0.2) is 9.97 Å². The Kier molecular flexibility index (Phi) is 14.1. The van der Waals surface area contributed by atoms with Gasteiger partial charge in [-0.2, -0.15) is 13.5 Å². The molecule has 0 atom stereocenters. The predicted molar refractivity (Wildman–Crippen MR) is 192 cm³/mol. The summed E-state index contributed by atoms with van der Waals surface area (Å²) in [6.07, 6.45) is 6.96. The van der Waals surface area contributed by atoms with E-state index in [9.17, 15) is 22.6 Å². The van der Waals surface area contributed by atoms with Gasteiger partial charge in [-0.05, 0) is 61.4 Å². The highest BCUT2D eigenvalue weighted by atomic mass is 35.5. The molecule has 0 saturated heterocycles. The number of hydrogen-bond acceptors (Lipinski definition) is 10. The van der Waals surface area contributed by atoms with Crippen LogP contribution in [0.25, 0.3) is 6.08 Å². The molecule has 2 amide bonds. The average molecular weight is 723 g/mol. The minimum absolute atomic E-state index is 0.189. The molecule has 0 bridgehead atoms. The van der Waals surface area contributed by atoms with Crippen molar-refractivity contribution in [2.75, 3.05) is 25.1 Å². The molecule has 15 heteroatoms. The summed E-state index contributed by atoms with van der Waals surface area (Å²) in [6, 6.07) is 20.3. The van der Waals surface area contributed by atoms with Gasteiger partial charge in [0.2, 0.25) is 5.91 Å². The molecule has 256 valence electrons. The summed E-state index contributed by atoms with van der Waals surface area (Å²) in [7, 11) is -4.40. The Balaban J connectivity index is 1.21. The number of aromatic nitrogens is 2. The van der Waals surface area contributed by atoms with Gasteiger partial charge in [0.25, 0.3) is 16.0 Å². The molecular formula is C34H35ClN6O6S2. The minimum Gasteiger partial charge on any atom is -0.491 e. The molecule has 4 N–H and O–H groups in total. The molecular weight excluding hydrogens is 688 g/mol. The topological polar surface area (TPSA) is 172 Å². The number of carbonyl (C=O) groups excluding carboxylic acids is 2. The van der Waals surface area contributed by atoms with Gasteiger partial charge < -0.3 is 15.4 Å². The smallest absolute Gasteiger partial charge is 0.295 e. The number of halogens is 1. The highest BCUT2D eigenvalue weighted by Crippen LogP contribution is 2.30. The molecule has 2 heterocycles. The average Bonchev–Trinajstić information content (AvgIpc) is 3.09. The molecule has 12 nitrogen and oxygen atoms in total. The van der Waals surface area contributed by atoms with E-state index in [2.05, 4.69) is 26.1 Å². The largest absolute Gasteiger partial charge is 0.491 e. The Morgan fingerprint density at radius 2 is 1.80 bits per heavy atom. The second kappa shape index (κ2) is 18.7. The van der Waals surface area contributed by atoms with Crippen molar-refractivity contribution in [1.29, 1.82) is 0 Å². The molecule has 4 rings (SSSR count). The number of ether oxygens (including phenoxy) is 1. The van der Waals surface area contributed by atoms with E-state index in [0.29, 0.717) is 59.7 Å². The zero-order chi connectivity index (χ0) is 35.1. The van der Waals surface area contributed by atoms with Crippen LogP contribution in [0.15, 0.2) is 100.0 Å². The first-order chi connectivity index (χ1) is 23.6. The van der Waals surface area contributed by atoms with Crippen molar-refractivity contribution >= 4 is 63.4 Å². The quantitative estimate of drug-likeness (QED) is 0.0259. The van der Waals surface area contributed by atoms with Gasteiger partial charge in [0.1, 0.15) is 22.2 Å². The lowest BCUT2D eigenvalue weighted by atomic mass is 10.2. The Labute approximate surface area is 294 Å². The standard InChI is InChI=1S/C34H35ClN6O6S2/c1-2-20-47-29-15-13-26(23-48-30-10-5-4-9-27(30)35)40-28(29)14-17-33(42)36-18-7-19-37-34(43)25-12-16-32(38-21-25)41-39-22-24-8-3-6-11-31(24)49(44,45)46/h3-6,8-17,21-22H,2,7,18-20,23H2,1H3,(H,36,42)(H,37,43)(H,38,41)(H,44,45,46)/b17-14+,39-22+. The van der Waals surface area contributed by atoms with Crippen molar-refractivity contribution < 1.29 is 27.3 Å². The summed E-state index contributed by atoms with van der Waals surface area (Å²) in [5, 5.41) is 10.2. The van der Waals surface area contributed by atoms with Crippen LogP contribution in [-0.2, 0) is 20.7 Å². The lowest BCUT2D eigenvalue weighted by Crippen LogP contribution is -2.29. The number of hydrazone groups is 1. The third-order valence-corrected chi connectivity index (χ3v) is 9.03. The fraction of sp³-hybridized carbons (Fsp3) is 0.206. The van der Waals surface area contributed by atoms with Crippen molar-refractivity contribution in [2.45, 2.75) is 35.3 Å². The van der Waals surface area contributed by atoms with Crippen LogP contribution in [0, 0.1) is 0 Å². The molecule has 0 aliphatic rings. The van der Waals surface area contributed by atoms with Crippen LogP contribution >= 0.6 is 23.4 Å². The Morgan fingerprint density at radius 3 is 2.55 bits per heavy atom. The molecule has 0 saturated carbocycles. The van der Waals surface area contributed by atoms with Crippen molar-refractivity contribution in [3.8, 4) is 5.75 Å². The van der Waals surface area contributed by atoms with E-state index in [4.69, 9.17) is 21.3 Å². The predicted octanol–water partition coefficient (Wildman–Crippen LogP) is 5.85. The lowest BCUT2D eigenvalue weighted by molar-refractivity contribution is -0.116. The van der Waals surface area contributed by atoms with Crippen molar-refractivity contribution in [2.24, 2.45) is 5.10 Å². The van der Waals surface area contributed by atoms with Gasteiger partial charge in [-0.3, -0.25) is 19.6 Å². The summed E-state index contributed by atoms with van der Waals surface area (Å²) in [5.74, 6) is 0.859. The molecule has 0 aliphatic carbocycles. The normalized spacial score (nSPS) is 11.5. The van der Waals surface area contributed by atoms with Crippen LogP contribution < -0.4 is 20.8 Å². The first-order valence-corrected chi connectivity index (χ1v) is 18.0. The Morgan fingerprint density at radius 1 is 1.02 bits per heavy atom. The number of anilines is 1. The monoisotopic (exact) mass is 722 g/mol. The van der Waals surface area contributed by atoms with Gasteiger partial charge in [0.05, 0.1) is 29.1 Å². The second-order valence-corrected chi connectivity index (χ2v) is 13.1. The Hall–Kier alpha value is -4.76. The van der Waals surface area contributed by atoms with E-state index in [0.717, 1.165) is 17.0 Å². The van der Waals surface area contributed by atoms with Crippen molar-refractivity contribution in [3.63, 3.8) is 0 Å². The van der Waals surface area contributed by atoms with E-state index < -0.39 is 10.1 Å². The summed E-state index contributed by atoms with van der Waals surface area (Å²) < 4.78 is 38.2. The number of thioether (sulfide) groups is 1. The number of carbonyl (C=O) groups is 2. The van der Waals surface area contributed by atoms with Gasteiger partial charge in [-0.15, -0.1) is 11.8 Å². The third-order valence-electron chi connectivity index (χ3n) is 6.55. The number of benzene rings is 2. The molecule has 0 spiro atoms. The second-order valence-electron chi connectivity index (χ2n) is 10.3. The van der Waals surface area contributed by atoms with Gasteiger partial charge in [0, 0.05) is 41.6 Å². The highest BCUT2D eigenvalue weighted by Gasteiger charge is 2.13. The van der Waals surface area contributed by atoms with Gasteiger partial charge >= 0.3 is 0 Å². The lowest BCUT2D eigenvalue weighted by Gasteiger charge is -2.10. The number of nitrogens with one attached hydrogen (secondary N) is 3. The Bertz CT molecular complexity index is 1910. The van der Waals surface area contributed by atoms with Gasteiger partial charge in [-0.1, -0.05) is 48.9 Å². The zero-order valence-electron chi connectivity index (χ0n) is 26.5. The molecule has 2 aromatic heterocycles. The number of pyridine rings is 2. The molecule has 0 radical (unpaired) electrons. The fourth-order valence-electron chi connectivity index (χ4n) is 4.15. The van der Waals surface area contributed by atoms with E-state index in [1.54, 1.807) is 30.0 Å². The van der Waals surface area contributed by atoms with Crippen LogP contribution in [-0.4, -0.2) is 60.7 Å². The molecule has 0 unspecified atom stereocenters. The van der Waals surface area contributed by atoms with Crippen molar-refractivity contribution in [1.82, 2.24) is 20.6 Å². The summed E-state index contributed by atoms with van der Waals surface area (Å²) in [5.41, 5.74) is 4.53. The zero-order valence-corrected chi connectivity index (χ0v) is 28.9. The van der Waals surface area contributed by atoms with Crippen LogP contribution in [0.1, 0.15) is 47.1 Å². The number of rotatable bonds is 17. The third kappa shape index (κ3) is 12.0. The maximum Gasteiger partial charge on any atom is 0.295 e. The number of amides is 2. The fourth-order valence-corrected chi connectivity index (χ4v) is 5.97. The van der Waals surface area contributed by atoms with Crippen LogP contribution in [0.4, 0.5) is 5.82 Å². The summed E-state index contributed by atoms with van der Waals surface area (Å²) >= 11 is 7.85. The van der Waals surface area contributed by atoms with E-state index in [-0.39, 0.29) is 22.3 Å². The summed E-state index contributed by atoms with van der Waals surface area (Å²) in [6.45, 7) is 3.20. The van der Waals surface area contributed by atoms with Crippen LogP contribution in [0.2, 0.25) is 5.02 Å². The molecule has 2 aromatic carbocycles. The minimum atomic E-state index is -4.40. The maximum absolute atomic E-state index is 12.5. The first kappa shape index (κ1) is 37.1. The molecule has 4 aromatic rings. The van der Waals surface area contributed by atoms with Crippen LogP contribution in [0.5, 0.6) is 5.75 Å². The number of nitrogens with zero attached hydrogens (tertiary/aromatic N) is 3. The first-order valence-electron chi connectivity index (χ1n) is 15.2. The molecule has 0 aliphatic heterocycles. The van der Waals surface area contributed by atoms with Crippen molar-refractivity contribution in [3.05, 3.63) is 113 Å². The SMILES string of the molecule is CCCOc1ccc(CSc2ccccc2Cl)nc1/C=C/C(=O)NCCCNC(=O)c1ccc(N/N=C/c2ccccc2S(=O)(=O)O)nc1. The van der Waals surface area contributed by atoms with E-state index in [1.807, 2.05) is 43.3 Å². The highest BCUT2D eigenvalue weighted by molar-refractivity contribution is 7.98. The van der Waals surface area contributed by atoms with Gasteiger partial charge in [0.15, 0.2) is 0 Å². The molecule has 0 fully saturated rings. The van der Waals surface area contributed by atoms with E-state index in [1.165, 1.54) is 42.8 Å². The maximum atomic E-state index is 12.5. The molecule has 49 heavy (non-hydrogen) atoms.